The van der Waals surface area contributed by atoms with E-state index in [0.717, 1.165) is 27.0 Å². The van der Waals surface area contributed by atoms with Crippen LogP contribution in [0.4, 0.5) is 4.79 Å². The fourth-order valence-corrected chi connectivity index (χ4v) is 4.38. The molecule has 1 saturated heterocycles. The van der Waals surface area contributed by atoms with Crippen LogP contribution in [0.15, 0.2) is 66.7 Å². The molecule has 35 heavy (non-hydrogen) atoms. The first kappa shape index (κ1) is 24.3. The van der Waals surface area contributed by atoms with Gasteiger partial charge in [0, 0.05) is 12.1 Å². The summed E-state index contributed by atoms with van der Waals surface area (Å²) in [7, 11) is 1.61. The standard InChI is InChI=1S/C28H31N3O4/c1-27(2,3)31(17-19-9-7-6-8-10-19)24(32)18-30-25(33)28(4,29-26(30)34)22-13-11-21-16-23(35-5)14-12-20(21)15-22/h6-16H,17-18H2,1-5H3,(H,29,34). The van der Waals surface area contributed by atoms with Gasteiger partial charge in [-0.3, -0.25) is 14.5 Å². The maximum atomic E-state index is 13.5. The molecule has 1 aliphatic heterocycles. The molecule has 0 saturated carbocycles. The number of ether oxygens (including phenoxy) is 1. The third-order valence-electron chi connectivity index (χ3n) is 6.49. The maximum Gasteiger partial charge on any atom is 0.325 e. The van der Waals surface area contributed by atoms with Gasteiger partial charge in [-0.05, 0) is 67.8 Å². The smallest absolute Gasteiger partial charge is 0.325 e. The van der Waals surface area contributed by atoms with E-state index >= 15 is 0 Å². The summed E-state index contributed by atoms with van der Waals surface area (Å²) in [6.07, 6.45) is 0. The quantitative estimate of drug-likeness (QED) is 0.537. The van der Waals surface area contributed by atoms with Crippen molar-refractivity contribution in [3.05, 3.63) is 77.9 Å². The molecule has 7 nitrogen and oxygen atoms in total. The molecular formula is C28H31N3O4. The number of amides is 4. The average Bonchev–Trinajstić information content (AvgIpc) is 3.05. The fourth-order valence-electron chi connectivity index (χ4n) is 4.38. The molecule has 0 bridgehead atoms. The summed E-state index contributed by atoms with van der Waals surface area (Å²) in [5, 5.41) is 4.69. The molecule has 1 aliphatic rings. The Morgan fingerprint density at radius 2 is 1.66 bits per heavy atom. The van der Waals surface area contributed by atoms with Gasteiger partial charge in [-0.15, -0.1) is 0 Å². The van der Waals surface area contributed by atoms with Crippen molar-refractivity contribution in [1.29, 1.82) is 0 Å². The van der Waals surface area contributed by atoms with E-state index in [0.29, 0.717) is 12.1 Å². The summed E-state index contributed by atoms with van der Waals surface area (Å²) in [5.41, 5.74) is -0.127. The zero-order valence-corrected chi connectivity index (χ0v) is 20.8. The number of hydrogen-bond acceptors (Lipinski definition) is 4. The predicted molar refractivity (Wildman–Crippen MR) is 135 cm³/mol. The summed E-state index contributed by atoms with van der Waals surface area (Å²) in [4.78, 5) is 42.5. The van der Waals surface area contributed by atoms with E-state index in [2.05, 4.69) is 5.32 Å². The number of fused-ring (bicyclic) bond motifs is 1. The molecule has 0 spiro atoms. The number of nitrogens with zero attached hydrogens (tertiary/aromatic N) is 2. The highest BCUT2D eigenvalue weighted by molar-refractivity contribution is 6.09. The monoisotopic (exact) mass is 473 g/mol. The lowest BCUT2D eigenvalue weighted by molar-refractivity contribution is -0.142. The van der Waals surface area contributed by atoms with Gasteiger partial charge in [-0.2, -0.15) is 0 Å². The van der Waals surface area contributed by atoms with Crippen molar-refractivity contribution in [2.24, 2.45) is 0 Å². The normalized spacial score (nSPS) is 18.0. The second-order valence-corrected chi connectivity index (χ2v) is 10.0. The van der Waals surface area contributed by atoms with Crippen molar-refractivity contribution >= 4 is 28.6 Å². The summed E-state index contributed by atoms with van der Waals surface area (Å²) in [6.45, 7) is 7.55. The molecule has 7 heteroatoms. The number of nitrogens with one attached hydrogen (secondary N) is 1. The van der Waals surface area contributed by atoms with E-state index in [1.54, 1.807) is 18.9 Å². The summed E-state index contributed by atoms with van der Waals surface area (Å²) < 4.78 is 5.28. The molecule has 1 N–H and O–H groups in total. The van der Waals surface area contributed by atoms with Gasteiger partial charge in [-0.25, -0.2) is 4.79 Å². The Kier molecular flexibility index (Phi) is 6.28. The Labute approximate surface area is 205 Å². The largest absolute Gasteiger partial charge is 0.497 e. The zero-order valence-electron chi connectivity index (χ0n) is 20.8. The van der Waals surface area contributed by atoms with Crippen LogP contribution in [-0.4, -0.2) is 46.8 Å². The molecule has 0 aromatic heterocycles. The average molecular weight is 474 g/mol. The molecule has 4 rings (SSSR count). The van der Waals surface area contributed by atoms with E-state index in [9.17, 15) is 14.4 Å². The number of carbonyl (C=O) groups excluding carboxylic acids is 3. The first-order chi connectivity index (χ1) is 16.5. The van der Waals surface area contributed by atoms with Crippen molar-refractivity contribution in [2.75, 3.05) is 13.7 Å². The van der Waals surface area contributed by atoms with Gasteiger partial charge >= 0.3 is 6.03 Å². The van der Waals surface area contributed by atoms with Gasteiger partial charge in [0.25, 0.3) is 5.91 Å². The first-order valence-electron chi connectivity index (χ1n) is 11.6. The Hall–Kier alpha value is -3.87. The third kappa shape index (κ3) is 4.71. The minimum Gasteiger partial charge on any atom is -0.497 e. The molecular weight excluding hydrogens is 442 g/mol. The highest BCUT2D eigenvalue weighted by Crippen LogP contribution is 2.32. The molecule has 0 radical (unpaired) electrons. The summed E-state index contributed by atoms with van der Waals surface area (Å²) in [6, 6.07) is 20.4. The molecule has 182 valence electrons. The van der Waals surface area contributed by atoms with Crippen LogP contribution in [0, 0.1) is 0 Å². The van der Waals surface area contributed by atoms with Crippen LogP contribution < -0.4 is 10.1 Å². The number of hydrogen-bond donors (Lipinski definition) is 1. The van der Waals surface area contributed by atoms with Gasteiger partial charge in [0.1, 0.15) is 17.8 Å². The second-order valence-electron chi connectivity index (χ2n) is 10.0. The third-order valence-corrected chi connectivity index (χ3v) is 6.49. The molecule has 0 aliphatic carbocycles. The maximum absolute atomic E-state index is 13.5. The van der Waals surface area contributed by atoms with Crippen LogP contribution in [0.5, 0.6) is 5.75 Å². The van der Waals surface area contributed by atoms with Gasteiger partial charge in [0.2, 0.25) is 5.91 Å². The van der Waals surface area contributed by atoms with Crippen LogP contribution >= 0.6 is 0 Å². The Balaban J connectivity index is 1.57. The fraction of sp³-hybridized carbons (Fsp3) is 0.321. The number of carbonyl (C=O) groups is 3. The van der Waals surface area contributed by atoms with Crippen LogP contribution in [0.2, 0.25) is 0 Å². The Morgan fingerprint density at radius 1 is 1.00 bits per heavy atom. The van der Waals surface area contributed by atoms with E-state index in [1.807, 2.05) is 87.5 Å². The van der Waals surface area contributed by atoms with Crippen LogP contribution in [-0.2, 0) is 21.7 Å². The van der Waals surface area contributed by atoms with Gasteiger partial charge < -0.3 is 15.0 Å². The van der Waals surface area contributed by atoms with E-state index in [1.165, 1.54) is 0 Å². The van der Waals surface area contributed by atoms with Crippen molar-refractivity contribution in [3.8, 4) is 5.75 Å². The van der Waals surface area contributed by atoms with Gasteiger partial charge in [-0.1, -0.05) is 48.5 Å². The zero-order chi connectivity index (χ0) is 25.4. The molecule has 3 aromatic carbocycles. The molecule has 1 atom stereocenters. The number of imide groups is 1. The van der Waals surface area contributed by atoms with Crippen molar-refractivity contribution in [3.63, 3.8) is 0 Å². The van der Waals surface area contributed by atoms with Crippen molar-refractivity contribution < 1.29 is 19.1 Å². The Morgan fingerprint density at radius 3 is 2.31 bits per heavy atom. The molecule has 4 amide bonds. The van der Waals surface area contributed by atoms with Crippen LogP contribution in [0.3, 0.4) is 0 Å². The topological polar surface area (TPSA) is 79.0 Å². The second kappa shape index (κ2) is 9.06. The van der Waals surface area contributed by atoms with Gasteiger partial charge in [0.15, 0.2) is 0 Å². The number of benzene rings is 3. The van der Waals surface area contributed by atoms with Crippen molar-refractivity contribution in [1.82, 2.24) is 15.1 Å². The number of rotatable bonds is 6. The molecule has 3 aromatic rings. The molecule has 1 unspecified atom stereocenters. The minimum atomic E-state index is -1.27. The Bertz CT molecular complexity index is 1280. The van der Waals surface area contributed by atoms with E-state index in [4.69, 9.17) is 4.74 Å². The van der Waals surface area contributed by atoms with E-state index in [-0.39, 0.29) is 12.5 Å². The SMILES string of the molecule is COc1ccc2cc(C3(C)NC(=O)N(CC(=O)N(Cc4ccccc4)C(C)(C)C)C3=O)ccc2c1. The number of urea groups is 1. The molecule has 1 fully saturated rings. The summed E-state index contributed by atoms with van der Waals surface area (Å²) in [5.74, 6) is 0.00212. The van der Waals surface area contributed by atoms with Gasteiger partial charge in [0.05, 0.1) is 7.11 Å². The van der Waals surface area contributed by atoms with Crippen LogP contribution in [0.1, 0.15) is 38.8 Å². The minimum absolute atomic E-state index is 0.292. The predicted octanol–water partition coefficient (Wildman–Crippen LogP) is 4.44. The lowest BCUT2D eigenvalue weighted by Crippen LogP contribution is -2.50. The highest BCUT2D eigenvalue weighted by Gasteiger charge is 2.50. The summed E-state index contributed by atoms with van der Waals surface area (Å²) >= 11 is 0. The lowest BCUT2D eigenvalue weighted by atomic mass is 9.90. The highest BCUT2D eigenvalue weighted by atomic mass is 16.5. The first-order valence-corrected chi connectivity index (χ1v) is 11.6. The lowest BCUT2D eigenvalue weighted by Gasteiger charge is -2.36. The van der Waals surface area contributed by atoms with Crippen LogP contribution in [0.25, 0.3) is 10.8 Å². The molecule has 1 heterocycles. The van der Waals surface area contributed by atoms with E-state index < -0.39 is 23.0 Å². The number of methoxy groups -OCH3 is 1. The van der Waals surface area contributed by atoms with Crippen molar-refractivity contribution in [2.45, 2.75) is 45.3 Å².